The lowest BCUT2D eigenvalue weighted by Crippen LogP contribution is -2.36. The molecule has 2 heterocycles. The summed E-state index contributed by atoms with van der Waals surface area (Å²) in [5.41, 5.74) is 0.918. The SMILES string of the molecule is COC(=O)C1=C(CF)NC(CCn2ncnc2N)=C(C(=O)OC(C)C)C1c1c(F)ccc(Cl)c1C(F)(F)F. The maximum atomic E-state index is 15.3. The van der Waals surface area contributed by atoms with Gasteiger partial charge in [0.15, 0.2) is 0 Å². The van der Waals surface area contributed by atoms with E-state index in [2.05, 4.69) is 15.4 Å². The van der Waals surface area contributed by atoms with Gasteiger partial charge in [-0.3, -0.25) is 0 Å². The van der Waals surface area contributed by atoms with Crippen LogP contribution >= 0.6 is 11.6 Å². The third-order valence-corrected chi connectivity index (χ3v) is 5.88. The molecule has 2 aromatic rings. The Bertz CT molecular complexity index is 1310. The Kier molecular flexibility index (Phi) is 8.65. The average Bonchev–Trinajstić information content (AvgIpc) is 3.25. The van der Waals surface area contributed by atoms with Crippen molar-refractivity contribution in [3.05, 3.63) is 63.0 Å². The predicted octanol–water partition coefficient (Wildman–Crippen LogP) is 4.05. The number of nitrogens with zero attached hydrogens (tertiary/aromatic N) is 3. The number of carbonyl (C=O) groups excluding carboxylic acids is 2. The summed E-state index contributed by atoms with van der Waals surface area (Å²) in [5.74, 6) is -6.02. The second kappa shape index (κ2) is 11.4. The number of anilines is 1. The standard InChI is InChI=1S/C23H23ClF5N5O4/c1-10(2)38-21(36)16-13(6-7-34-22(30)31-9-32-34)33-14(8-25)17(20(35)37-3)18(16)15-12(26)5-4-11(24)19(15)23(27,28)29/h4-5,9-10,18,33H,6-8H2,1-3H3,(H2,30,31,32). The van der Waals surface area contributed by atoms with Gasteiger partial charge in [-0.1, -0.05) is 11.6 Å². The van der Waals surface area contributed by atoms with Crippen molar-refractivity contribution in [2.75, 3.05) is 19.5 Å². The van der Waals surface area contributed by atoms with Crippen LogP contribution < -0.4 is 11.1 Å². The molecule has 0 spiro atoms. The van der Waals surface area contributed by atoms with E-state index >= 15 is 4.39 Å². The molecule has 1 aliphatic rings. The van der Waals surface area contributed by atoms with E-state index < -0.39 is 75.6 Å². The third-order valence-electron chi connectivity index (χ3n) is 5.56. The summed E-state index contributed by atoms with van der Waals surface area (Å²) < 4.78 is 83.4. The van der Waals surface area contributed by atoms with Gasteiger partial charge >= 0.3 is 18.1 Å². The maximum absolute atomic E-state index is 15.3. The van der Waals surface area contributed by atoms with Crippen LogP contribution in [0.25, 0.3) is 0 Å². The highest BCUT2D eigenvalue weighted by molar-refractivity contribution is 6.31. The van der Waals surface area contributed by atoms with E-state index in [1.54, 1.807) is 0 Å². The van der Waals surface area contributed by atoms with Crippen molar-refractivity contribution >= 4 is 29.5 Å². The molecule has 1 unspecified atom stereocenters. The molecule has 1 aliphatic heterocycles. The minimum atomic E-state index is -5.22. The minimum absolute atomic E-state index is 0.0129. The van der Waals surface area contributed by atoms with Crippen molar-refractivity contribution in [1.82, 2.24) is 20.1 Å². The third kappa shape index (κ3) is 5.74. The second-order valence-corrected chi connectivity index (χ2v) is 8.74. The number of nitrogens with two attached hydrogens (primary N) is 1. The minimum Gasteiger partial charge on any atom is -0.466 e. The lowest BCUT2D eigenvalue weighted by Gasteiger charge is -2.33. The Morgan fingerprint density at radius 2 is 1.87 bits per heavy atom. The van der Waals surface area contributed by atoms with Gasteiger partial charge < -0.3 is 20.5 Å². The number of allylic oxidation sites excluding steroid dienone is 2. The van der Waals surface area contributed by atoms with Crippen molar-refractivity contribution in [3.63, 3.8) is 0 Å². The van der Waals surface area contributed by atoms with Gasteiger partial charge in [-0.25, -0.2) is 28.0 Å². The summed E-state index contributed by atoms with van der Waals surface area (Å²) in [7, 11) is 0.903. The van der Waals surface area contributed by atoms with Crippen molar-refractivity contribution in [1.29, 1.82) is 0 Å². The number of ether oxygens (including phenoxy) is 2. The molecule has 15 heteroatoms. The summed E-state index contributed by atoms with van der Waals surface area (Å²) in [6, 6.07) is 1.34. The topological polar surface area (TPSA) is 121 Å². The van der Waals surface area contributed by atoms with E-state index in [0.717, 1.165) is 13.4 Å². The van der Waals surface area contributed by atoms with Crippen LogP contribution in [0.15, 0.2) is 41.0 Å². The molecule has 9 nitrogen and oxygen atoms in total. The lowest BCUT2D eigenvalue weighted by molar-refractivity contribution is -0.144. The predicted molar refractivity (Wildman–Crippen MR) is 125 cm³/mol. The van der Waals surface area contributed by atoms with Crippen LogP contribution in [0.5, 0.6) is 0 Å². The summed E-state index contributed by atoms with van der Waals surface area (Å²) >= 11 is 5.86. The molecular weight excluding hydrogens is 541 g/mol. The van der Waals surface area contributed by atoms with Gasteiger partial charge in [-0.15, -0.1) is 0 Å². The van der Waals surface area contributed by atoms with Crippen molar-refractivity contribution in [2.45, 2.75) is 45.0 Å². The quantitative estimate of drug-likeness (QED) is 0.364. The largest absolute Gasteiger partial charge is 0.466 e. The van der Waals surface area contributed by atoms with Gasteiger partial charge in [0.05, 0.1) is 53.1 Å². The van der Waals surface area contributed by atoms with Gasteiger partial charge in [-0.05, 0) is 26.0 Å². The number of aryl methyl sites for hydroxylation is 1. The molecule has 0 saturated carbocycles. The Labute approximate surface area is 218 Å². The first-order valence-electron chi connectivity index (χ1n) is 11.1. The number of halogens is 6. The fraction of sp³-hybridized carbons (Fsp3) is 0.391. The Morgan fingerprint density at radius 3 is 2.39 bits per heavy atom. The first-order valence-corrected chi connectivity index (χ1v) is 11.5. The molecule has 0 saturated heterocycles. The van der Waals surface area contributed by atoms with Crippen LogP contribution in [0.2, 0.25) is 5.02 Å². The molecule has 3 rings (SSSR count). The van der Waals surface area contributed by atoms with E-state index in [1.807, 2.05) is 0 Å². The molecule has 0 amide bonds. The number of rotatable bonds is 8. The van der Waals surface area contributed by atoms with E-state index in [-0.39, 0.29) is 24.6 Å². The van der Waals surface area contributed by atoms with Crippen molar-refractivity contribution in [2.24, 2.45) is 0 Å². The van der Waals surface area contributed by atoms with E-state index in [4.69, 9.17) is 26.8 Å². The van der Waals surface area contributed by atoms with Gasteiger partial charge in [0.25, 0.3) is 0 Å². The van der Waals surface area contributed by atoms with Gasteiger partial charge in [-0.2, -0.15) is 18.3 Å². The van der Waals surface area contributed by atoms with Crippen molar-refractivity contribution < 1.29 is 41.0 Å². The first kappa shape index (κ1) is 28.9. The molecule has 1 atom stereocenters. The average molecular weight is 564 g/mol. The Balaban J connectivity index is 2.39. The number of carbonyl (C=O) groups is 2. The number of benzene rings is 1. The Morgan fingerprint density at radius 1 is 1.21 bits per heavy atom. The van der Waals surface area contributed by atoms with Crippen LogP contribution in [-0.2, 0) is 31.8 Å². The summed E-state index contributed by atoms with van der Waals surface area (Å²) in [5, 5.41) is 5.58. The van der Waals surface area contributed by atoms with Gasteiger partial charge in [0.2, 0.25) is 5.95 Å². The number of nitrogen functional groups attached to an aromatic ring is 1. The number of dihydropyridines is 1. The van der Waals surface area contributed by atoms with Crippen LogP contribution in [0.4, 0.5) is 27.9 Å². The zero-order valence-corrected chi connectivity index (χ0v) is 21.1. The maximum Gasteiger partial charge on any atom is 0.418 e. The fourth-order valence-corrected chi connectivity index (χ4v) is 4.34. The fourth-order valence-electron chi connectivity index (χ4n) is 4.07. The summed E-state index contributed by atoms with van der Waals surface area (Å²) in [6.07, 6.45) is -5.04. The number of methoxy groups -OCH3 is 1. The highest BCUT2D eigenvalue weighted by atomic mass is 35.5. The number of esters is 2. The number of hydrogen-bond donors (Lipinski definition) is 2. The molecule has 0 bridgehead atoms. The molecule has 206 valence electrons. The second-order valence-electron chi connectivity index (χ2n) is 8.33. The monoisotopic (exact) mass is 563 g/mol. The van der Waals surface area contributed by atoms with Gasteiger partial charge in [0.1, 0.15) is 18.8 Å². The summed E-state index contributed by atoms with van der Waals surface area (Å²) in [4.78, 5) is 29.9. The number of hydrogen-bond acceptors (Lipinski definition) is 8. The smallest absolute Gasteiger partial charge is 0.418 e. The molecule has 1 aromatic carbocycles. The molecule has 3 N–H and O–H groups in total. The summed E-state index contributed by atoms with van der Waals surface area (Å²) in [6.45, 7) is 1.48. The molecular formula is C23H23ClF5N5O4. The number of nitrogens with one attached hydrogen (secondary N) is 1. The highest BCUT2D eigenvalue weighted by Crippen LogP contribution is 2.48. The van der Waals surface area contributed by atoms with Gasteiger partial charge in [0, 0.05) is 17.7 Å². The van der Waals surface area contributed by atoms with Crippen LogP contribution in [0.3, 0.4) is 0 Å². The van der Waals surface area contributed by atoms with E-state index in [9.17, 15) is 27.2 Å². The lowest BCUT2D eigenvalue weighted by atomic mass is 9.77. The van der Waals surface area contributed by atoms with Crippen LogP contribution in [0, 0.1) is 5.82 Å². The zero-order valence-electron chi connectivity index (χ0n) is 20.3. The first-order chi connectivity index (χ1) is 17.8. The van der Waals surface area contributed by atoms with Crippen LogP contribution in [-0.4, -0.2) is 46.6 Å². The molecule has 0 radical (unpaired) electrons. The molecule has 0 aliphatic carbocycles. The molecule has 0 fully saturated rings. The number of alkyl halides is 4. The molecule has 1 aromatic heterocycles. The van der Waals surface area contributed by atoms with E-state index in [0.29, 0.717) is 12.1 Å². The number of aromatic nitrogens is 3. The highest BCUT2D eigenvalue weighted by Gasteiger charge is 2.47. The normalized spacial score (nSPS) is 16.1. The Hall–Kier alpha value is -3.68. The van der Waals surface area contributed by atoms with E-state index in [1.165, 1.54) is 18.5 Å². The van der Waals surface area contributed by atoms with Crippen LogP contribution in [0.1, 0.15) is 37.3 Å². The zero-order chi connectivity index (χ0) is 28.4. The molecule has 38 heavy (non-hydrogen) atoms. The van der Waals surface area contributed by atoms with Crippen molar-refractivity contribution in [3.8, 4) is 0 Å².